The van der Waals surface area contributed by atoms with Crippen molar-refractivity contribution < 1.29 is 4.52 Å². The minimum absolute atomic E-state index is 0.0319. The molecule has 0 spiro atoms. The van der Waals surface area contributed by atoms with Gasteiger partial charge in [-0.1, -0.05) is 18.2 Å². The summed E-state index contributed by atoms with van der Waals surface area (Å²) < 4.78 is 18.7. The fourth-order valence-electron chi connectivity index (χ4n) is 1.84. The lowest BCUT2D eigenvalue weighted by Crippen LogP contribution is -2.68. The van der Waals surface area contributed by atoms with Gasteiger partial charge in [-0.2, -0.15) is 13.5 Å². The molecule has 0 aliphatic carbocycles. The quantitative estimate of drug-likeness (QED) is 0.314. The molecule has 0 amide bonds. The molecule has 1 heterocycles. The van der Waals surface area contributed by atoms with Crippen molar-refractivity contribution in [3.63, 3.8) is 0 Å². The minimum atomic E-state index is -3.06. The standard InChI is InChI=1S/C10H20N9OP3/c11-8(6-9(12,13)14)10(15,16)23(18-21-17-22-19-23)20-7-4-2-1-3-5-7/h1-5,8H,6,11-16H2. The largest absolute Gasteiger partial charge is 0.439 e. The van der Waals surface area contributed by atoms with Crippen LogP contribution in [0.1, 0.15) is 6.42 Å². The van der Waals surface area contributed by atoms with Crippen LogP contribution in [-0.4, -0.2) is 17.2 Å². The molecule has 0 saturated heterocycles. The van der Waals surface area contributed by atoms with Crippen LogP contribution in [0.25, 0.3) is 0 Å². The van der Waals surface area contributed by atoms with E-state index in [1.54, 1.807) is 12.1 Å². The molecule has 0 saturated carbocycles. The van der Waals surface area contributed by atoms with E-state index in [-0.39, 0.29) is 6.42 Å². The highest BCUT2D eigenvalue weighted by Crippen LogP contribution is 2.64. The number of rotatable bonds is 6. The van der Waals surface area contributed by atoms with Gasteiger partial charge in [0.1, 0.15) is 11.5 Å². The number of para-hydroxylation sites is 1. The predicted octanol–water partition coefficient (Wildman–Crippen LogP) is 1.02. The fraction of sp³-hybridized carbons (Fsp3) is 0.400. The van der Waals surface area contributed by atoms with Gasteiger partial charge in [0.2, 0.25) is 0 Å². The van der Waals surface area contributed by atoms with Crippen LogP contribution in [-0.2, 0) is 0 Å². The summed E-state index contributed by atoms with van der Waals surface area (Å²) >= 11 is 0. The Labute approximate surface area is 137 Å². The Bertz CT molecular complexity index is 655. The highest BCUT2D eigenvalue weighted by Gasteiger charge is 2.49. The molecule has 12 N–H and O–H groups in total. The topological polar surface area (TPSA) is 202 Å². The average Bonchev–Trinajstić information content (AvgIpc) is 2.47. The molecule has 13 heteroatoms. The average molecular weight is 375 g/mol. The molecule has 0 fully saturated rings. The highest BCUT2D eigenvalue weighted by atomic mass is 31.2. The third-order valence-electron chi connectivity index (χ3n) is 3.05. The summed E-state index contributed by atoms with van der Waals surface area (Å²) in [6.07, 6.45) is -0.0319. The predicted molar refractivity (Wildman–Crippen MR) is 94.1 cm³/mol. The van der Waals surface area contributed by atoms with Gasteiger partial charge in [-0.05, 0) is 12.1 Å². The Balaban J connectivity index is 2.41. The van der Waals surface area contributed by atoms with E-state index in [9.17, 15) is 0 Å². The van der Waals surface area contributed by atoms with Crippen molar-refractivity contribution in [2.24, 2.45) is 47.9 Å². The molecule has 10 nitrogen and oxygen atoms in total. The maximum atomic E-state index is 6.30. The van der Waals surface area contributed by atoms with Gasteiger partial charge in [-0.15, -0.1) is 0 Å². The molecule has 0 bridgehead atoms. The van der Waals surface area contributed by atoms with Gasteiger partial charge < -0.3 is 38.9 Å². The van der Waals surface area contributed by atoms with Gasteiger partial charge in [0.25, 0.3) is 7.43 Å². The summed E-state index contributed by atoms with van der Waals surface area (Å²) in [5.74, 6) is -0.983. The first kappa shape index (κ1) is 18.5. The lowest BCUT2D eigenvalue weighted by molar-refractivity contribution is 0.328. The van der Waals surface area contributed by atoms with E-state index in [1.165, 1.54) is 0 Å². The van der Waals surface area contributed by atoms with Crippen LogP contribution in [0.5, 0.6) is 5.75 Å². The summed E-state index contributed by atoms with van der Waals surface area (Å²) in [6.45, 7) is 0. The molecule has 1 aliphatic rings. The zero-order valence-corrected chi connectivity index (χ0v) is 14.9. The zero-order valence-electron chi connectivity index (χ0n) is 12.2. The highest BCUT2D eigenvalue weighted by molar-refractivity contribution is 7.70. The third kappa shape index (κ3) is 4.39. The smallest absolute Gasteiger partial charge is 0.297 e. The molecule has 1 aromatic carbocycles. The first-order valence-corrected chi connectivity index (χ1v) is 9.76. The summed E-state index contributed by atoms with van der Waals surface area (Å²) in [7, 11) is -2.20. The molecule has 2 unspecified atom stereocenters. The van der Waals surface area contributed by atoms with Gasteiger partial charge in [-0.3, -0.25) is 0 Å². The van der Waals surface area contributed by atoms with E-state index >= 15 is 0 Å². The summed E-state index contributed by atoms with van der Waals surface area (Å²) in [5.41, 5.74) is 35.5. The van der Waals surface area contributed by atoms with Crippen LogP contribution in [0.2, 0.25) is 0 Å². The molecular formula is C10H20N9OP3. The van der Waals surface area contributed by atoms with E-state index in [4.69, 9.17) is 38.9 Å². The van der Waals surface area contributed by atoms with E-state index in [2.05, 4.69) is 13.5 Å². The van der Waals surface area contributed by atoms with Crippen molar-refractivity contribution in [2.45, 2.75) is 23.7 Å². The van der Waals surface area contributed by atoms with E-state index in [1.807, 2.05) is 18.2 Å². The van der Waals surface area contributed by atoms with Crippen molar-refractivity contribution >= 4 is 24.5 Å². The van der Waals surface area contributed by atoms with Crippen LogP contribution >= 0.6 is 24.5 Å². The summed E-state index contributed by atoms with van der Waals surface area (Å²) in [5, 5.41) is -1.60. The molecule has 23 heavy (non-hydrogen) atoms. The second-order valence-corrected chi connectivity index (χ2v) is 9.76. The van der Waals surface area contributed by atoms with Crippen molar-refractivity contribution in [1.82, 2.24) is 0 Å². The van der Waals surface area contributed by atoms with Gasteiger partial charge in [0.05, 0.1) is 6.04 Å². The van der Waals surface area contributed by atoms with Crippen molar-refractivity contribution in [2.75, 3.05) is 0 Å². The normalized spacial score (nSPS) is 23.9. The molecule has 0 aromatic heterocycles. The second kappa shape index (κ2) is 6.99. The molecule has 0 radical (unpaired) electrons. The molecule has 2 atom stereocenters. The zero-order chi connectivity index (χ0) is 17.1. The fourth-order valence-corrected chi connectivity index (χ4v) is 6.87. The summed E-state index contributed by atoms with van der Waals surface area (Å²) in [6, 6.07) is 8.12. The number of hydrogen-bond donors (Lipinski definition) is 6. The van der Waals surface area contributed by atoms with E-state index in [0.717, 1.165) is 0 Å². The number of benzene rings is 1. The molecule has 1 aromatic rings. The first-order chi connectivity index (χ1) is 10.7. The minimum Gasteiger partial charge on any atom is -0.439 e. The lowest BCUT2D eigenvalue weighted by Gasteiger charge is -2.40. The number of nitrogens with two attached hydrogens (primary N) is 6. The van der Waals surface area contributed by atoms with Gasteiger partial charge >= 0.3 is 0 Å². The molecule has 126 valence electrons. The monoisotopic (exact) mass is 375 g/mol. The summed E-state index contributed by atoms with van der Waals surface area (Å²) in [4.78, 5) is 0. The Hall–Kier alpha value is -0.790. The lowest BCUT2D eigenvalue weighted by atomic mass is 10.1. The van der Waals surface area contributed by atoms with Gasteiger partial charge in [0, 0.05) is 6.42 Å². The molecular weight excluding hydrogens is 355 g/mol. The Kier molecular flexibility index (Phi) is 5.63. The van der Waals surface area contributed by atoms with Gasteiger partial charge in [0.15, 0.2) is 22.5 Å². The maximum absolute atomic E-state index is 6.30. The maximum Gasteiger partial charge on any atom is 0.297 e. The van der Waals surface area contributed by atoms with Crippen LogP contribution in [0.3, 0.4) is 0 Å². The van der Waals surface area contributed by atoms with Gasteiger partial charge in [-0.25, -0.2) is 0 Å². The number of nitrogens with zero attached hydrogens (tertiary/aromatic N) is 3. The van der Waals surface area contributed by atoms with Crippen molar-refractivity contribution in [1.29, 1.82) is 0 Å². The van der Waals surface area contributed by atoms with Crippen molar-refractivity contribution in [3.8, 4) is 5.75 Å². The molecule has 1 aliphatic heterocycles. The second-order valence-electron chi connectivity index (χ2n) is 5.21. The molecule has 2 rings (SSSR count). The third-order valence-corrected chi connectivity index (χ3v) is 8.08. The van der Waals surface area contributed by atoms with Crippen LogP contribution in [0.4, 0.5) is 0 Å². The first-order valence-electron chi connectivity index (χ1n) is 6.55. The van der Waals surface area contributed by atoms with Crippen molar-refractivity contribution in [3.05, 3.63) is 30.3 Å². The van der Waals surface area contributed by atoms with Crippen LogP contribution < -0.4 is 38.9 Å². The van der Waals surface area contributed by atoms with E-state index < -0.39 is 24.7 Å². The van der Waals surface area contributed by atoms with E-state index in [0.29, 0.717) is 22.8 Å². The van der Waals surface area contributed by atoms with Crippen LogP contribution in [0.15, 0.2) is 43.9 Å². The Morgan fingerprint density at radius 3 is 2.26 bits per heavy atom. The Morgan fingerprint density at radius 2 is 1.74 bits per heavy atom. The van der Waals surface area contributed by atoms with Crippen LogP contribution in [0, 0.1) is 0 Å². The Morgan fingerprint density at radius 1 is 1.09 bits per heavy atom. The number of hydrogen-bond acceptors (Lipinski definition) is 10. The SMILES string of the molecule is NC(CC(N)(N)N)C(N)(N)P1(Oc2ccccc2)=NP=NP=N1.